The van der Waals surface area contributed by atoms with E-state index in [1.54, 1.807) is 11.3 Å². The van der Waals surface area contributed by atoms with Gasteiger partial charge in [-0.05, 0) is 18.1 Å². The average molecular weight is 192 g/mol. The van der Waals surface area contributed by atoms with Gasteiger partial charge in [0.1, 0.15) is 0 Å². The molecule has 3 heteroatoms. The molecule has 0 spiro atoms. The Morgan fingerprint density at radius 3 is 3.00 bits per heavy atom. The Balaban J connectivity index is 2.67. The van der Waals surface area contributed by atoms with Gasteiger partial charge in [0, 0.05) is 7.05 Å². The molecule has 0 fully saturated rings. The first-order valence-corrected chi connectivity index (χ1v) is 5.23. The fraction of sp³-hybridized carbons (Fsp3) is 0.300. The topological polar surface area (TPSA) is 24.9 Å². The number of hydrogen-bond acceptors (Lipinski definition) is 3. The molecule has 1 aromatic heterocycles. The van der Waals surface area contributed by atoms with Crippen LogP contribution in [0.5, 0.6) is 0 Å². The third-order valence-corrected chi connectivity index (χ3v) is 3.26. The van der Waals surface area contributed by atoms with Gasteiger partial charge in [-0.1, -0.05) is 30.4 Å². The zero-order valence-corrected chi connectivity index (χ0v) is 8.61. The second-order valence-electron chi connectivity index (χ2n) is 2.89. The number of anilines is 1. The maximum atomic E-state index is 4.45. The Morgan fingerprint density at radius 1 is 1.46 bits per heavy atom. The molecule has 1 N–H and O–H groups in total. The van der Waals surface area contributed by atoms with Crippen LogP contribution in [0.3, 0.4) is 0 Å². The Hall–Kier alpha value is -1.09. The van der Waals surface area contributed by atoms with Gasteiger partial charge in [0.25, 0.3) is 0 Å². The van der Waals surface area contributed by atoms with E-state index in [1.807, 2.05) is 7.05 Å². The second-order valence-corrected chi connectivity index (χ2v) is 3.89. The minimum Gasteiger partial charge on any atom is -0.365 e. The van der Waals surface area contributed by atoms with E-state index in [-0.39, 0.29) is 0 Å². The molecule has 0 aliphatic carbocycles. The number of aryl methyl sites for hydroxylation is 1. The quantitative estimate of drug-likeness (QED) is 0.791. The van der Waals surface area contributed by atoms with Gasteiger partial charge in [-0.15, -0.1) is 0 Å². The molecule has 2 rings (SSSR count). The molecule has 0 amide bonds. The first-order valence-electron chi connectivity index (χ1n) is 4.41. The zero-order chi connectivity index (χ0) is 9.26. The number of aromatic nitrogens is 1. The minimum absolute atomic E-state index is 0.996. The molecule has 68 valence electrons. The van der Waals surface area contributed by atoms with Crippen molar-refractivity contribution in [2.24, 2.45) is 0 Å². The molecule has 0 saturated heterocycles. The van der Waals surface area contributed by atoms with E-state index in [4.69, 9.17) is 0 Å². The van der Waals surface area contributed by atoms with Crippen molar-refractivity contribution in [3.8, 4) is 0 Å². The lowest BCUT2D eigenvalue weighted by Crippen LogP contribution is -1.83. The van der Waals surface area contributed by atoms with Crippen molar-refractivity contribution in [2.75, 3.05) is 12.4 Å². The Morgan fingerprint density at radius 2 is 2.31 bits per heavy atom. The standard InChI is InChI=1S/C10H12N2S/c1-3-7-5-4-6-8-9(7)13-10(11-2)12-8/h4-6H,3H2,1-2H3,(H,11,12). The molecule has 0 aliphatic rings. The lowest BCUT2D eigenvalue weighted by atomic mass is 10.2. The molecule has 1 heterocycles. The van der Waals surface area contributed by atoms with Crippen LogP contribution in [0.25, 0.3) is 10.2 Å². The van der Waals surface area contributed by atoms with Crippen molar-refractivity contribution in [2.45, 2.75) is 13.3 Å². The molecule has 0 atom stereocenters. The molecular formula is C10H12N2S. The second kappa shape index (κ2) is 3.34. The third kappa shape index (κ3) is 1.40. The highest BCUT2D eigenvalue weighted by molar-refractivity contribution is 7.22. The van der Waals surface area contributed by atoms with Crippen LogP contribution >= 0.6 is 11.3 Å². The van der Waals surface area contributed by atoms with Gasteiger partial charge in [-0.25, -0.2) is 4.98 Å². The van der Waals surface area contributed by atoms with Gasteiger partial charge < -0.3 is 5.32 Å². The Kier molecular flexibility index (Phi) is 2.19. The van der Waals surface area contributed by atoms with E-state index in [1.165, 1.54) is 10.3 Å². The van der Waals surface area contributed by atoms with Crippen LogP contribution in [0, 0.1) is 0 Å². The van der Waals surface area contributed by atoms with Gasteiger partial charge in [0.15, 0.2) is 5.13 Å². The van der Waals surface area contributed by atoms with Crippen molar-refractivity contribution in [3.05, 3.63) is 23.8 Å². The van der Waals surface area contributed by atoms with Gasteiger partial charge in [-0.2, -0.15) is 0 Å². The molecule has 2 aromatic rings. The van der Waals surface area contributed by atoms with Crippen LogP contribution in [-0.2, 0) is 6.42 Å². The SMILES string of the molecule is CCc1cccc2nc(NC)sc12. The van der Waals surface area contributed by atoms with Gasteiger partial charge in [0.2, 0.25) is 0 Å². The van der Waals surface area contributed by atoms with Crippen LogP contribution in [0.1, 0.15) is 12.5 Å². The summed E-state index contributed by atoms with van der Waals surface area (Å²) in [6.45, 7) is 2.17. The number of thiazole rings is 1. The predicted octanol–water partition coefficient (Wildman–Crippen LogP) is 2.90. The van der Waals surface area contributed by atoms with Crippen LogP contribution in [0.15, 0.2) is 18.2 Å². The molecule has 0 aliphatic heterocycles. The highest BCUT2D eigenvalue weighted by atomic mass is 32.1. The first kappa shape index (κ1) is 8.51. The summed E-state index contributed by atoms with van der Waals surface area (Å²) in [5, 5.41) is 4.07. The smallest absolute Gasteiger partial charge is 0.183 e. The predicted molar refractivity (Wildman–Crippen MR) is 58.5 cm³/mol. The van der Waals surface area contributed by atoms with Crippen molar-refractivity contribution in [1.29, 1.82) is 0 Å². The van der Waals surface area contributed by atoms with Crippen molar-refractivity contribution >= 4 is 26.7 Å². The van der Waals surface area contributed by atoms with E-state index in [9.17, 15) is 0 Å². The molecule has 1 aromatic carbocycles. The fourth-order valence-corrected chi connectivity index (χ4v) is 2.39. The van der Waals surface area contributed by atoms with Gasteiger partial charge in [0.05, 0.1) is 10.2 Å². The van der Waals surface area contributed by atoms with Crippen molar-refractivity contribution < 1.29 is 0 Å². The van der Waals surface area contributed by atoms with Crippen LogP contribution < -0.4 is 5.32 Å². The van der Waals surface area contributed by atoms with E-state index >= 15 is 0 Å². The number of nitrogens with zero attached hydrogens (tertiary/aromatic N) is 1. The molecule has 13 heavy (non-hydrogen) atoms. The summed E-state index contributed by atoms with van der Waals surface area (Å²) in [4.78, 5) is 4.45. The molecule has 0 bridgehead atoms. The highest BCUT2D eigenvalue weighted by Crippen LogP contribution is 2.28. The summed E-state index contributed by atoms with van der Waals surface area (Å²) in [5.41, 5.74) is 2.49. The zero-order valence-electron chi connectivity index (χ0n) is 7.79. The van der Waals surface area contributed by atoms with Crippen molar-refractivity contribution in [1.82, 2.24) is 4.98 Å². The molecule has 0 unspecified atom stereocenters. The summed E-state index contributed by atoms with van der Waals surface area (Å²) in [6, 6.07) is 6.30. The first-order chi connectivity index (χ1) is 6.35. The van der Waals surface area contributed by atoms with E-state index < -0.39 is 0 Å². The summed E-state index contributed by atoms with van der Waals surface area (Å²) in [6.07, 6.45) is 1.07. The fourth-order valence-electron chi connectivity index (χ4n) is 1.39. The van der Waals surface area contributed by atoms with Crippen LogP contribution in [0.4, 0.5) is 5.13 Å². The monoisotopic (exact) mass is 192 g/mol. The molecule has 0 radical (unpaired) electrons. The van der Waals surface area contributed by atoms with E-state index in [0.717, 1.165) is 17.1 Å². The maximum Gasteiger partial charge on any atom is 0.183 e. The number of rotatable bonds is 2. The van der Waals surface area contributed by atoms with E-state index in [2.05, 4.69) is 35.4 Å². The number of nitrogens with one attached hydrogen (secondary N) is 1. The largest absolute Gasteiger partial charge is 0.365 e. The normalized spacial score (nSPS) is 10.6. The average Bonchev–Trinajstić information content (AvgIpc) is 2.59. The highest BCUT2D eigenvalue weighted by Gasteiger charge is 2.04. The summed E-state index contributed by atoms with van der Waals surface area (Å²) in [7, 11) is 1.91. The van der Waals surface area contributed by atoms with Crippen LogP contribution in [0.2, 0.25) is 0 Å². The molecule has 0 saturated carbocycles. The number of fused-ring (bicyclic) bond motifs is 1. The summed E-state index contributed by atoms with van der Waals surface area (Å²) >= 11 is 1.73. The van der Waals surface area contributed by atoms with Crippen LogP contribution in [-0.4, -0.2) is 12.0 Å². The maximum absolute atomic E-state index is 4.45. The van der Waals surface area contributed by atoms with E-state index in [0.29, 0.717) is 0 Å². The van der Waals surface area contributed by atoms with Crippen molar-refractivity contribution in [3.63, 3.8) is 0 Å². The Labute approximate surface area is 81.6 Å². The lowest BCUT2D eigenvalue weighted by Gasteiger charge is -1.95. The van der Waals surface area contributed by atoms with Gasteiger partial charge >= 0.3 is 0 Å². The molecular weight excluding hydrogens is 180 g/mol. The van der Waals surface area contributed by atoms with Gasteiger partial charge in [-0.3, -0.25) is 0 Å². The summed E-state index contributed by atoms with van der Waals surface area (Å²) in [5.74, 6) is 0. The molecule has 2 nitrogen and oxygen atoms in total. The number of hydrogen-bond donors (Lipinski definition) is 1. The summed E-state index contributed by atoms with van der Waals surface area (Å²) < 4.78 is 1.31. The minimum atomic E-state index is 0.996. The Bertz CT molecular complexity index is 420. The third-order valence-electron chi connectivity index (χ3n) is 2.09. The lowest BCUT2D eigenvalue weighted by molar-refractivity contribution is 1.16. The number of benzene rings is 1.